The van der Waals surface area contributed by atoms with Gasteiger partial charge in [0.2, 0.25) is 5.34 Å². The van der Waals surface area contributed by atoms with Gasteiger partial charge in [0.15, 0.2) is 0 Å². The summed E-state index contributed by atoms with van der Waals surface area (Å²) in [5, 5.41) is 8.62. The van der Waals surface area contributed by atoms with E-state index in [0.717, 1.165) is 25.7 Å². The summed E-state index contributed by atoms with van der Waals surface area (Å²) in [6.07, 6.45) is 28.4. The standard InChI is InChI=1S/C27H54NO4P/c1-5-6-7-8-9-10-11-12-13-14-15-16-17-18-19-20-21-22-23-24-25-27(29,33(30,31)32)26-28(2,3)4/h8-9,19-20,29H,5-7,10-18,21-26H2,1-4H3,(H-,30,31,32)/p+1/b9-8-,20-19-. The van der Waals surface area contributed by atoms with E-state index in [4.69, 9.17) is 0 Å². The number of hydrogen-bond donors (Lipinski definition) is 3. The van der Waals surface area contributed by atoms with Crippen LogP contribution in [0, 0.1) is 0 Å². The Labute approximate surface area is 205 Å². The summed E-state index contributed by atoms with van der Waals surface area (Å²) >= 11 is 0. The number of quaternary nitrogens is 1. The van der Waals surface area contributed by atoms with Crippen LogP contribution in [0.2, 0.25) is 0 Å². The summed E-state index contributed by atoms with van der Waals surface area (Å²) < 4.78 is 12.1. The lowest BCUT2D eigenvalue weighted by molar-refractivity contribution is -0.875. The molecule has 6 heteroatoms. The van der Waals surface area contributed by atoms with Gasteiger partial charge in [-0.2, -0.15) is 0 Å². The Morgan fingerprint density at radius 2 is 1.03 bits per heavy atom. The molecule has 5 nitrogen and oxygen atoms in total. The van der Waals surface area contributed by atoms with Crippen LogP contribution < -0.4 is 0 Å². The monoisotopic (exact) mass is 488 g/mol. The van der Waals surface area contributed by atoms with E-state index in [1.807, 2.05) is 21.1 Å². The fraction of sp³-hybridized carbons (Fsp3) is 0.852. The van der Waals surface area contributed by atoms with Crippen molar-refractivity contribution in [3.8, 4) is 0 Å². The molecule has 0 aromatic heterocycles. The van der Waals surface area contributed by atoms with Crippen molar-refractivity contribution < 1.29 is 23.9 Å². The first kappa shape index (κ1) is 32.5. The molecule has 0 rings (SSSR count). The van der Waals surface area contributed by atoms with Crippen molar-refractivity contribution in [3.05, 3.63) is 24.3 Å². The minimum absolute atomic E-state index is 0.0493. The van der Waals surface area contributed by atoms with Gasteiger partial charge in [0.1, 0.15) is 6.54 Å². The van der Waals surface area contributed by atoms with Crippen LogP contribution in [-0.4, -0.2) is 52.4 Å². The molecule has 0 radical (unpaired) electrons. The van der Waals surface area contributed by atoms with Gasteiger partial charge in [0.05, 0.1) is 21.1 Å². The number of aliphatic hydroxyl groups is 1. The summed E-state index contributed by atoms with van der Waals surface area (Å²) in [5.74, 6) is 0. The Balaban J connectivity index is 3.63. The molecule has 3 N–H and O–H groups in total. The molecule has 33 heavy (non-hydrogen) atoms. The van der Waals surface area contributed by atoms with Crippen molar-refractivity contribution in [1.29, 1.82) is 0 Å². The van der Waals surface area contributed by atoms with Crippen LogP contribution in [0.25, 0.3) is 0 Å². The van der Waals surface area contributed by atoms with E-state index in [-0.39, 0.29) is 13.0 Å². The fourth-order valence-electron chi connectivity index (χ4n) is 4.13. The molecule has 0 amide bonds. The number of hydrogen-bond acceptors (Lipinski definition) is 2. The SMILES string of the molecule is CCCC/C=C\CCCCCCCCC/C=C\CCCCCC(O)(C[N+](C)(C)C)P(=O)(O)O. The number of likely N-dealkylation sites (N-methyl/N-ethyl adjacent to an activating group) is 1. The molecular formula is C27H55NO4P+. The molecule has 0 heterocycles. The van der Waals surface area contributed by atoms with Crippen molar-refractivity contribution in [3.63, 3.8) is 0 Å². The lowest BCUT2D eigenvalue weighted by atomic mass is 10.1. The Morgan fingerprint density at radius 3 is 1.39 bits per heavy atom. The number of nitrogens with zero attached hydrogens (tertiary/aromatic N) is 1. The van der Waals surface area contributed by atoms with Gasteiger partial charge in [0, 0.05) is 0 Å². The largest absolute Gasteiger partial charge is 0.373 e. The van der Waals surface area contributed by atoms with Crippen LogP contribution >= 0.6 is 7.60 Å². The predicted octanol–water partition coefficient (Wildman–Crippen LogP) is 7.32. The van der Waals surface area contributed by atoms with E-state index in [1.165, 1.54) is 70.6 Å². The third kappa shape index (κ3) is 19.5. The normalized spacial score (nSPS) is 15.0. The molecule has 0 aromatic carbocycles. The van der Waals surface area contributed by atoms with Gasteiger partial charge in [-0.05, 0) is 57.8 Å². The van der Waals surface area contributed by atoms with Crippen LogP contribution in [0.5, 0.6) is 0 Å². The highest BCUT2D eigenvalue weighted by molar-refractivity contribution is 7.53. The smallest absolute Gasteiger partial charge is 0.362 e. The van der Waals surface area contributed by atoms with Crippen LogP contribution in [0.4, 0.5) is 0 Å². The average Bonchev–Trinajstić information content (AvgIpc) is 2.70. The molecule has 1 unspecified atom stereocenters. The summed E-state index contributed by atoms with van der Waals surface area (Å²) in [6.45, 7) is 2.29. The molecule has 0 saturated heterocycles. The Kier molecular flexibility index (Phi) is 18.6. The summed E-state index contributed by atoms with van der Waals surface area (Å²) in [7, 11) is 0.946. The molecule has 0 bridgehead atoms. The second-order valence-electron chi connectivity index (χ2n) is 10.7. The van der Waals surface area contributed by atoms with E-state index in [9.17, 15) is 19.5 Å². The van der Waals surface area contributed by atoms with Gasteiger partial charge in [0.25, 0.3) is 0 Å². The van der Waals surface area contributed by atoms with Gasteiger partial charge in [-0.25, -0.2) is 0 Å². The average molecular weight is 489 g/mol. The molecule has 0 aromatic rings. The van der Waals surface area contributed by atoms with Gasteiger partial charge in [-0.1, -0.05) is 82.6 Å². The minimum Gasteiger partial charge on any atom is -0.373 e. The van der Waals surface area contributed by atoms with Crippen LogP contribution in [-0.2, 0) is 4.57 Å². The first-order chi connectivity index (χ1) is 15.5. The second-order valence-corrected chi connectivity index (χ2v) is 12.6. The van der Waals surface area contributed by atoms with Crippen molar-refractivity contribution in [1.82, 2.24) is 0 Å². The molecule has 0 aliphatic heterocycles. The van der Waals surface area contributed by atoms with Crippen LogP contribution in [0.1, 0.15) is 116 Å². The maximum Gasteiger partial charge on any atom is 0.362 e. The minimum atomic E-state index is -4.56. The maximum absolute atomic E-state index is 11.8. The quantitative estimate of drug-likeness (QED) is 0.0645. The zero-order valence-corrected chi connectivity index (χ0v) is 23.1. The van der Waals surface area contributed by atoms with Gasteiger partial charge in [-0.3, -0.25) is 4.57 Å². The molecule has 0 fully saturated rings. The van der Waals surface area contributed by atoms with E-state index in [1.54, 1.807) is 0 Å². The fourth-order valence-corrected chi connectivity index (χ4v) is 5.18. The number of allylic oxidation sites excluding steroid dienone is 4. The zero-order valence-electron chi connectivity index (χ0n) is 22.2. The zero-order chi connectivity index (χ0) is 25.1. The number of unbranched alkanes of at least 4 members (excludes halogenated alkanes) is 13. The van der Waals surface area contributed by atoms with Crippen LogP contribution in [0.15, 0.2) is 24.3 Å². The highest BCUT2D eigenvalue weighted by Gasteiger charge is 2.48. The maximum atomic E-state index is 11.8. The van der Waals surface area contributed by atoms with Crippen molar-refractivity contribution in [2.45, 2.75) is 121 Å². The van der Waals surface area contributed by atoms with Gasteiger partial charge < -0.3 is 19.4 Å². The molecule has 196 valence electrons. The third-order valence-electron chi connectivity index (χ3n) is 6.02. The predicted molar refractivity (Wildman–Crippen MR) is 142 cm³/mol. The highest BCUT2D eigenvalue weighted by Crippen LogP contribution is 2.52. The van der Waals surface area contributed by atoms with E-state index in [0.29, 0.717) is 10.9 Å². The van der Waals surface area contributed by atoms with Crippen molar-refractivity contribution in [2.24, 2.45) is 0 Å². The Hall–Kier alpha value is -0.450. The molecular weight excluding hydrogens is 433 g/mol. The third-order valence-corrected chi connectivity index (χ3v) is 7.47. The first-order valence-corrected chi connectivity index (χ1v) is 15.0. The lowest BCUT2D eigenvalue weighted by Gasteiger charge is -2.35. The van der Waals surface area contributed by atoms with Crippen molar-refractivity contribution >= 4 is 7.60 Å². The molecule has 1 atom stereocenters. The molecule has 0 aliphatic carbocycles. The summed E-state index contributed by atoms with van der Waals surface area (Å²) in [5.41, 5.74) is 0. The highest BCUT2D eigenvalue weighted by atomic mass is 31.2. The molecule has 0 spiro atoms. The van der Waals surface area contributed by atoms with Gasteiger partial charge in [-0.15, -0.1) is 0 Å². The number of rotatable bonds is 22. The van der Waals surface area contributed by atoms with Crippen LogP contribution in [0.3, 0.4) is 0 Å². The second kappa shape index (κ2) is 18.8. The van der Waals surface area contributed by atoms with E-state index >= 15 is 0 Å². The van der Waals surface area contributed by atoms with E-state index in [2.05, 4.69) is 31.2 Å². The van der Waals surface area contributed by atoms with Crippen molar-refractivity contribution in [2.75, 3.05) is 27.7 Å². The molecule has 0 saturated carbocycles. The Morgan fingerprint density at radius 1 is 0.667 bits per heavy atom. The topological polar surface area (TPSA) is 77.8 Å². The summed E-state index contributed by atoms with van der Waals surface area (Å²) in [6, 6.07) is 0. The first-order valence-electron chi connectivity index (χ1n) is 13.4. The van der Waals surface area contributed by atoms with Gasteiger partial charge >= 0.3 is 7.60 Å². The Bertz CT molecular complexity index is 565. The lowest BCUT2D eigenvalue weighted by Crippen LogP contribution is -2.49. The molecule has 0 aliphatic rings. The van der Waals surface area contributed by atoms with E-state index < -0.39 is 12.9 Å². The summed E-state index contributed by atoms with van der Waals surface area (Å²) in [4.78, 5) is 19.2.